The molecule has 0 bridgehead atoms. The number of esters is 1. The lowest BCUT2D eigenvalue weighted by molar-refractivity contribution is -0.145. The van der Waals surface area contributed by atoms with Crippen LogP contribution in [0.2, 0.25) is 0 Å². The van der Waals surface area contributed by atoms with Crippen molar-refractivity contribution in [2.24, 2.45) is 11.8 Å². The Hall–Kier alpha value is -0.570. The van der Waals surface area contributed by atoms with E-state index >= 15 is 0 Å². The number of aliphatic hydroxyl groups is 1. The first-order valence-electron chi connectivity index (χ1n) is 4.60. The van der Waals surface area contributed by atoms with E-state index in [0.29, 0.717) is 12.3 Å². The Morgan fingerprint density at radius 2 is 2.42 bits per heavy atom. The van der Waals surface area contributed by atoms with Crippen LogP contribution in [0.4, 0.5) is 0 Å². The van der Waals surface area contributed by atoms with E-state index in [9.17, 15) is 9.90 Å². The molecule has 2 aliphatic rings. The Bertz CT molecular complexity index is 202. The lowest BCUT2D eigenvalue weighted by atomic mass is 10.0. The number of carbonyl (C=O) groups excluding carboxylic acids is 1. The second-order valence-corrected chi connectivity index (χ2v) is 3.81. The third kappa shape index (κ3) is 1.04. The zero-order chi connectivity index (χ0) is 8.72. The van der Waals surface area contributed by atoms with Gasteiger partial charge in [0.25, 0.3) is 0 Å². The van der Waals surface area contributed by atoms with Crippen LogP contribution in [-0.2, 0) is 9.53 Å². The SMILES string of the molecule is CCC1CC2CC(=O)OC2C1O. The van der Waals surface area contributed by atoms with Crippen molar-refractivity contribution in [2.45, 2.75) is 38.4 Å². The molecule has 1 saturated carbocycles. The zero-order valence-corrected chi connectivity index (χ0v) is 7.19. The van der Waals surface area contributed by atoms with Gasteiger partial charge in [-0.2, -0.15) is 0 Å². The van der Waals surface area contributed by atoms with Gasteiger partial charge in [-0.25, -0.2) is 0 Å². The van der Waals surface area contributed by atoms with Gasteiger partial charge in [-0.1, -0.05) is 13.3 Å². The Kier molecular flexibility index (Phi) is 1.83. The molecule has 1 heterocycles. The van der Waals surface area contributed by atoms with Gasteiger partial charge in [0.2, 0.25) is 0 Å². The van der Waals surface area contributed by atoms with Gasteiger partial charge in [-0.3, -0.25) is 4.79 Å². The molecule has 1 N–H and O–H groups in total. The lowest BCUT2D eigenvalue weighted by Gasteiger charge is -2.16. The fourth-order valence-corrected chi connectivity index (χ4v) is 2.40. The van der Waals surface area contributed by atoms with Crippen LogP contribution in [0.1, 0.15) is 26.2 Å². The highest BCUT2D eigenvalue weighted by Gasteiger charge is 2.48. The lowest BCUT2D eigenvalue weighted by Crippen LogP contribution is -2.27. The molecule has 0 radical (unpaired) electrons. The average molecular weight is 170 g/mol. The normalized spacial score (nSPS) is 46.0. The number of carbonyl (C=O) groups is 1. The number of rotatable bonds is 1. The zero-order valence-electron chi connectivity index (χ0n) is 7.19. The summed E-state index contributed by atoms with van der Waals surface area (Å²) in [6, 6.07) is 0. The summed E-state index contributed by atoms with van der Waals surface area (Å²) in [5.74, 6) is 0.490. The summed E-state index contributed by atoms with van der Waals surface area (Å²) < 4.78 is 5.04. The highest BCUT2D eigenvalue weighted by Crippen LogP contribution is 2.41. The predicted octanol–water partition coefficient (Wildman–Crippen LogP) is 0.709. The maximum Gasteiger partial charge on any atom is 0.306 e. The smallest absolute Gasteiger partial charge is 0.306 e. The van der Waals surface area contributed by atoms with Gasteiger partial charge in [0.15, 0.2) is 0 Å². The summed E-state index contributed by atoms with van der Waals surface area (Å²) in [5, 5.41) is 9.70. The van der Waals surface area contributed by atoms with Crippen molar-refractivity contribution in [3.63, 3.8) is 0 Å². The Labute approximate surface area is 71.7 Å². The molecule has 2 rings (SSSR count). The van der Waals surface area contributed by atoms with Crippen LogP contribution in [0.25, 0.3) is 0 Å². The molecule has 0 aromatic heterocycles. The highest BCUT2D eigenvalue weighted by molar-refractivity contribution is 5.72. The minimum atomic E-state index is -0.411. The average Bonchev–Trinajstić information content (AvgIpc) is 2.51. The number of ether oxygens (including phenoxy) is 1. The van der Waals surface area contributed by atoms with Gasteiger partial charge in [0.05, 0.1) is 12.5 Å². The minimum Gasteiger partial charge on any atom is -0.459 e. The summed E-state index contributed by atoms with van der Waals surface area (Å²) >= 11 is 0. The largest absolute Gasteiger partial charge is 0.459 e. The van der Waals surface area contributed by atoms with Crippen molar-refractivity contribution in [1.82, 2.24) is 0 Å². The van der Waals surface area contributed by atoms with Gasteiger partial charge in [0, 0.05) is 5.92 Å². The molecule has 0 amide bonds. The quantitative estimate of drug-likeness (QED) is 0.589. The first kappa shape index (κ1) is 8.05. The molecule has 1 aliphatic carbocycles. The molecule has 2 fully saturated rings. The second-order valence-electron chi connectivity index (χ2n) is 3.81. The van der Waals surface area contributed by atoms with Gasteiger partial charge in [-0.15, -0.1) is 0 Å². The molecule has 1 saturated heterocycles. The van der Waals surface area contributed by atoms with Crippen LogP contribution in [0, 0.1) is 11.8 Å². The Morgan fingerprint density at radius 3 is 3.00 bits per heavy atom. The standard InChI is InChI=1S/C9H14O3/c1-2-5-3-6-4-7(10)12-9(6)8(5)11/h5-6,8-9,11H,2-4H2,1H3. The van der Waals surface area contributed by atoms with Crippen LogP contribution in [0.3, 0.4) is 0 Å². The van der Waals surface area contributed by atoms with Crippen molar-refractivity contribution < 1.29 is 14.6 Å². The number of aliphatic hydroxyl groups excluding tert-OH is 1. The predicted molar refractivity (Wildman–Crippen MR) is 42.4 cm³/mol. The van der Waals surface area contributed by atoms with Crippen LogP contribution >= 0.6 is 0 Å². The van der Waals surface area contributed by atoms with E-state index in [1.165, 1.54) is 0 Å². The molecular weight excluding hydrogens is 156 g/mol. The van der Waals surface area contributed by atoms with Crippen LogP contribution in [0.15, 0.2) is 0 Å². The molecule has 1 aliphatic heterocycles. The fourth-order valence-electron chi connectivity index (χ4n) is 2.40. The monoisotopic (exact) mass is 170 g/mol. The maximum atomic E-state index is 10.9. The fraction of sp³-hybridized carbons (Fsp3) is 0.889. The summed E-state index contributed by atoms with van der Waals surface area (Å²) in [6.45, 7) is 2.07. The molecule has 4 unspecified atom stereocenters. The van der Waals surface area contributed by atoms with Gasteiger partial charge in [-0.05, 0) is 12.3 Å². The van der Waals surface area contributed by atoms with Crippen molar-refractivity contribution in [1.29, 1.82) is 0 Å². The molecule has 0 aromatic carbocycles. The van der Waals surface area contributed by atoms with Crippen molar-refractivity contribution in [2.75, 3.05) is 0 Å². The third-order valence-corrected chi connectivity index (χ3v) is 3.11. The number of fused-ring (bicyclic) bond motifs is 1. The summed E-state index contributed by atoms with van der Waals surface area (Å²) in [5.41, 5.74) is 0. The van der Waals surface area contributed by atoms with Gasteiger partial charge in [0.1, 0.15) is 6.10 Å². The van der Waals surface area contributed by atoms with E-state index in [4.69, 9.17) is 4.74 Å². The minimum absolute atomic E-state index is 0.140. The van der Waals surface area contributed by atoms with E-state index in [1.807, 2.05) is 0 Å². The third-order valence-electron chi connectivity index (χ3n) is 3.11. The Balaban J connectivity index is 2.08. The molecule has 0 spiro atoms. The molecule has 12 heavy (non-hydrogen) atoms. The van der Waals surface area contributed by atoms with Crippen molar-refractivity contribution >= 4 is 5.97 Å². The summed E-state index contributed by atoms with van der Waals surface area (Å²) in [6.07, 6.45) is 1.84. The first-order chi connectivity index (χ1) is 5.72. The van der Waals surface area contributed by atoms with Gasteiger partial charge < -0.3 is 9.84 Å². The van der Waals surface area contributed by atoms with E-state index < -0.39 is 6.10 Å². The number of hydrogen-bond acceptors (Lipinski definition) is 3. The Morgan fingerprint density at radius 1 is 1.67 bits per heavy atom. The van der Waals surface area contributed by atoms with E-state index in [-0.39, 0.29) is 18.0 Å². The van der Waals surface area contributed by atoms with Crippen LogP contribution in [0.5, 0.6) is 0 Å². The molecule has 0 aromatic rings. The van der Waals surface area contributed by atoms with Gasteiger partial charge >= 0.3 is 5.97 Å². The highest BCUT2D eigenvalue weighted by atomic mass is 16.6. The molecule has 3 nitrogen and oxygen atoms in total. The van der Waals surface area contributed by atoms with Crippen LogP contribution in [-0.4, -0.2) is 23.3 Å². The maximum absolute atomic E-state index is 10.9. The summed E-state index contributed by atoms with van der Waals surface area (Å²) in [7, 11) is 0. The molecule has 4 atom stereocenters. The van der Waals surface area contributed by atoms with Crippen molar-refractivity contribution in [3.8, 4) is 0 Å². The van der Waals surface area contributed by atoms with E-state index in [0.717, 1.165) is 12.8 Å². The van der Waals surface area contributed by atoms with E-state index in [1.54, 1.807) is 0 Å². The molecular formula is C9H14O3. The van der Waals surface area contributed by atoms with Crippen molar-refractivity contribution in [3.05, 3.63) is 0 Å². The molecule has 3 heteroatoms. The first-order valence-corrected chi connectivity index (χ1v) is 4.60. The topological polar surface area (TPSA) is 46.5 Å². The van der Waals surface area contributed by atoms with E-state index in [2.05, 4.69) is 6.92 Å². The number of hydrogen-bond donors (Lipinski definition) is 1. The van der Waals surface area contributed by atoms with Crippen LogP contribution < -0.4 is 0 Å². The second kappa shape index (κ2) is 2.73. The summed E-state index contributed by atoms with van der Waals surface area (Å²) in [4.78, 5) is 10.9. The molecule has 68 valence electrons.